The molecule has 0 spiro atoms. The zero-order chi connectivity index (χ0) is 15.6. The van der Waals surface area contributed by atoms with Gasteiger partial charge in [-0.25, -0.2) is 0 Å². The van der Waals surface area contributed by atoms with Crippen LogP contribution in [0.1, 0.15) is 57.8 Å². The number of aliphatic hydroxyl groups is 2. The Balaban J connectivity index is 1.62. The van der Waals surface area contributed by atoms with Gasteiger partial charge in [-0.2, -0.15) is 0 Å². The summed E-state index contributed by atoms with van der Waals surface area (Å²) in [7, 11) is 2.13. The lowest BCUT2D eigenvalue weighted by atomic mass is 9.78. The Morgan fingerprint density at radius 1 is 1.00 bits per heavy atom. The first-order valence-corrected chi connectivity index (χ1v) is 9.33. The number of rotatable bonds is 5. The molecule has 2 atom stereocenters. The van der Waals surface area contributed by atoms with Gasteiger partial charge < -0.3 is 15.1 Å². The Morgan fingerprint density at radius 3 is 2.45 bits per heavy atom. The Morgan fingerprint density at radius 2 is 1.73 bits per heavy atom. The Hall–Kier alpha value is -0.160. The van der Waals surface area contributed by atoms with E-state index in [0.717, 1.165) is 58.3 Å². The summed E-state index contributed by atoms with van der Waals surface area (Å²) in [6.07, 6.45) is 10.5. The van der Waals surface area contributed by atoms with E-state index in [1.807, 2.05) is 0 Å². The summed E-state index contributed by atoms with van der Waals surface area (Å²) in [6, 6.07) is 0.353. The highest BCUT2D eigenvalue weighted by molar-refractivity contribution is 5.00. The Labute approximate surface area is 135 Å². The SMILES string of the molecule is CN(CC1(CO)CCCC1)C[C@]1(O)CCCN2CCCC[C@@H]21. The molecular formula is C18H34N2O2. The highest BCUT2D eigenvalue weighted by Crippen LogP contribution is 2.39. The average molecular weight is 310 g/mol. The molecule has 0 radical (unpaired) electrons. The van der Waals surface area contributed by atoms with Crippen LogP contribution in [0.3, 0.4) is 0 Å². The molecule has 2 aliphatic heterocycles. The molecule has 0 aromatic rings. The third-order valence-corrected chi connectivity index (χ3v) is 6.44. The minimum Gasteiger partial charge on any atom is -0.396 e. The summed E-state index contributed by atoms with van der Waals surface area (Å²) in [5.41, 5.74) is -0.464. The summed E-state index contributed by atoms with van der Waals surface area (Å²) >= 11 is 0. The molecule has 0 aromatic heterocycles. The predicted octanol–water partition coefficient (Wildman–Crippen LogP) is 1.85. The van der Waals surface area contributed by atoms with Crippen LogP contribution in [0.2, 0.25) is 0 Å². The fourth-order valence-corrected chi connectivity index (χ4v) is 5.39. The molecule has 4 heteroatoms. The van der Waals surface area contributed by atoms with Crippen LogP contribution in [0.4, 0.5) is 0 Å². The van der Waals surface area contributed by atoms with Gasteiger partial charge in [-0.15, -0.1) is 0 Å². The molecule has 0 bridgehead atoms. The minimum atomic E-state index is -0.553. The average Bonchev–Trinajstić information content (AvgIpc) is 2.96. The quantitative estimate of drug-likeness (QED) is 0.813. The van der Waals surface area contributed by atoms with Gasteiger partial charge in [-0.05, 0) is 58.7 Å². The van der Waals surface area contributed by atoms with Gasteiger partial charge in [0.25, 0.3) is 0 Å². The van der Waals surface area contributed by atoms with Crippen molar-refractivity contribution in [3.05, 3.63) is 0 Å². The second-order valence-electron chi connectivity index (χ2n) is 8.29. The van der Waals surface area contributed by atoms with E-state index in [4.69, 9.17) is 0 Å². The van der Waals surface area contributed by atoms with E-state index >= 15 is 0 Å². The van der Waals surface area contributed by atoms with Crippen molar-refractivity contribution < 1.29 is 10.2 Å². The minimum absolute atomic E-state index is 0.0893. The normalized spacial score (nSPS) is 35.7. The first-order valence-electron chi connectivity index (χ1n) is 9.33. The monoisotopic (exact) mass is 310 g/mol. The van der Waals surface area contributed by atoms with Gasteiger partial charge in [0.05, 0.1) is 5.60 Å². The van der Waals surface area contributed by atoms with Crippen LogP contribution >= 0.6 is 0 Å². The van der Waals surface area contributed by atoms with E-state index in [1.54, 1.807) is 0 Å². The molecule has 1 aliphatic carbocycles. The molecule has 1 saturated carbocycles. The third-order valence-electron chi connectivity index (χ3n) is 6.44. The van der Waals surface area contributed by atoms with Crippen LogP contribution in [-0.2, 0) is 0 Å². The summed E-state index contributed by atoms with van der Waals surface area (Å²) < 4.78 is 0. The fraction of sp³-hybridized carbons (Fsp3) is 1.00. The molecule has 3 rings (SSSR count). The van der Waals surface area contributed by atoms with Crippen molar-refractivity contribution in [1.29, 1.82) is 0 Å². The fourth-order valence-electron chi connectivity index (χ4n) is 5.39. The Kier molecular flexibility index (Phi) is 5.13. The van der Waals surface area contributed by atoms with Crippen molar-refractivity contribution in [2.24, 2.45) is 5.41 Å². The summed E-state index contributed by atoms with van der Waals surface area (Å²) in [6.45, 7) is 4.31. The lowest BCUT2D eigenvalue weighted by Gasteiger charge is -2.51. The topological polar surface area (TPSA) is 46.9 Å². The zero-order valence-corrected chi connectivity index (χ0v) is 14.3. The molecule has 0 aromatic carbocycles. The number of hydrogen-bond acceptors (Lipinski definition) is 4. The van der Waals surface area contributed by atoms with Crippen LogP contribution in [0.5, 0.6) is 0 Å². The third kappa shape index (κ3) is 3.35. The summed E-state index contributed by atoms with van der Waals surface area (Å²) in [4.78, 5) is 4.83. The largest absolute Gasteiger partial charge is 0.396 e. The number of aliphatic hydroxyl groups excluding tert-OH is 1. The lowest BCUT2D eigenvalue weighted by molar-refractivity contribution is -0.110. The molecule has 0 unspecified atom stereocenters. The van der Waals surface area contributed by atoms with Crippen molar-refractivity contribution in [2.45, 2.75) is 69.4 Å². The van der Waals surface area contributed by atoms with Crippen molar-refractivity contribution in [1.82, 2.24) is 9.80 Å². The molecule has 4 nitrogen and oxygen atoms in total. The maximum atomic E-state index is 11.3. The van der Waals surface area contributed by atoms with E-state index in [2.05, 4.69) is 16.8 Å². The number of piperidine rings is 2. The van der Waals surface area contributed by atoms with Crippen molar-refractivity contribution in [3.63, 3.8) is 0 Å². The first kappa shape index (κ1) is 16.7. The van der Waals surface area contributed by atoms with Gasteiger partial charge in [0, 0.05) is 31.2 Å². The molecule has 2 N–H and O–H groups in total. The van der Waals surface area contributed by atoms with Gasteiger partial charge in [-0.1, -0.05) is 19.3 Å². The van der Waals surface area contributed by atoms with E-state index in [1.165, 1.54) is 25.7 Å². The van der Waals surface area contributed by atoms with Crippen molar-refractivity contribution >= 4 is 0 Å². The molecule has 128 valence electrons. The predicted molar refractivity (Wildman–Crippen MR) is 88.9 cm³/mol. The van der Waals surface area contributed by atoms with Crippen LogP contribution in [0.15, 0.2) is 0 Å². The van der Waals surface area contributed by atoms with Gasteiger partial charge in [0.15, 0.2) is 0 Å². The number of likely N-dealkylation sites (N-methyl/N-ethyl adjacent to an activating group) is 1. The molecule has 2 saturated heterocycles. The summed E-state index contributed by atoms with van der Waals surface area (Å²) in [5.74, 6) is 0. The maximum Gasteiger partial charge on any atom is 0.0928 e. The molecule has 2 heterocycles. The number of hydrogen-bond donors (Lipinski definition) is 2. The van der Waals surface area contributed by atoms with Crippen LogP contribution in [0.25, 0.3) is 0 Å². The van der Waals surface area contributed by atoms with Crippen molar-refractivity contribution in [3.8, 4) is 0 Å². The standard InChI is InChI=1S/C18H34N2O2/c1-19(13-17(15-21)8-3-4-9-17)14-18(22)10-6-12-20-11-5-2-7-16(18)20/h16,21-22H,2-15H2,1H3/t16-,18-/m1/s1. The molecule has 0 amide bonds. The highest BCUT2D eigenvalue weighted by Gasteiger charge is 2.45. The summed E-state index contributed by atoms with van der Waals surface area (Å²) in [5, 5.41) is 21.1. The number of nitrogens with zero attached hydrogens (tertiary/aromatic N) is 2. The smallest absolute Gasteiger partial charge is 0.0928 e. The van der Waals surface area contributed by atoms with Gasteiger partial charge in [0.2, 0.25) is 0 Å². The molecule has 3 fully saturated rings. The number of fused-ring (bicyclic) bond motifs is 1. The van der Waals surface area contributed by atoms with Gasteiger partial charge in [0.1, 0.15) is 0 Å². The van der Waals surface area contributed by atoms with E-state index in [-0.39, 0.29) is 5.41 Å². The van der Waals surface area contributed by atoms with Gasteiger partial charge >= 0.3 is 0 Å². The van der Waals surface area contributed by atoms with Crippen LogP contribution in [-0.4, -0.2) is 71.5 Å². The van der Waals surface area contributed by atoms with Gasteiger partial charge in [-0.3, -0.25) is 4.90 Å². The molecule has 3 aliphatic rings. The van der Waals surface area contributed by atoms with E-state index in [0.29, 0.717) is 12.6 Å². The molecule has 22 heavy (non-hydrogen) atoms. The second kappa shape index (κ2) is 6.76. The molecular weight excluding hydrogens is 276 g/mol. The maximum absolute atomic E-state index is 11.3. The van der Waals surface area contributed by atoms with Crippen molar-refractivity contribution in [2.75, 3.05) is 39.8 Å². The van der Waals surface area contributed by atoms with Crippen LogP contribution < -0.4 is 0 Å². The zero-order valence-electron chi connectivity index (χ0n) is 14.3. The lowest BCUT2D eigenvalue weighted by Crippen LogP contribution is -2.62. The highest BCUT2D eigenvalue weighted by atomic mass is 16.3. The van der Waals surface area contributed by atoms with E-state index < -0.39 is 5.60 Å². The first-order chi connectivity index (χ1) is 10.6. The second-order valence-corrected chi connectivity index (χ2v) is 8.29. The Bertz CT molecular complexity index is 368. The van der Waals surface area contributed by atoms with E-state index in [9.17, 15) is 10.2 Å². The van der Waals surface area contributed by atoms with Crippen LogP contribution in [0, 0.1) is 5.41 Å².